The summed E-state index contributed by atoms with van der Waals surface area (Å²) in [5.41, 5.74) is 0. The lowest BCUT2D eigenvalue weighted by Crippen LogP contribution is -2.46. The predicted molar refractivity (Wildman–Crippen MR) is 62.4 cm³/mol. The topological polar surface area (TPSA) is 49.8 Å². The van der Waals surface area contributed by atoms with E-state index in [0.29, 0.717) is 25.0 Å². The van der Waals surface area contributed by atoms with Crippen LogP contribution in [0.1, 0.15) is 26.7 Å². The van der Waals surface area contributed by atoms with Crippen molar-refractivity contribution in [2.75, 3.05) is 26.8 Å². The highest BCUT2D eigenvalue weighted by Crippen LogP contribution is 2.35. The predicted octanol–water partition coefficient (Wildman–Crippen LogP) is 1.45. The monoisotopic (exact) mass is 229 g/mol. The van der Waals surface area contributed by atoms with E-state index >= 15 is 0 Å². The van der Waals surface area contributed by atoms with Crippen LogP contribution in [-0.2, 0) is 9.53 Å². The quantitative estimate of drug-likeness (QED) is 0.684. The van der Waals surface area contributed by atoms with Gasteiger partial charge >= 0.3 is 5.97 Å². The van der Waals surface area contributed by atoms with Gasteiger partial charge < -0.3 is 9.84 Å². The molecule has 1 aliphatic carbocycles. The number of methoxy groups -OCH3 is 1. The van der Waals surface area contributed by atoms with E-state index in [-0.39, 0.29) is 6.04 Å². The molecule has 4 nitrogen and oxygen atoms in total. The van der Waals surface area contributed by atoms with Crippen molar-refractivity contribution in [3.8, 4) is 0 Å². The summed E-state index contributed by atoms with van der Waals surface area (Å²) >= 11 is 0. The number of ether oxygens (including phenoxy) is 1. The second-order valence-corrected chi connectivity index (χ2v) is 5.00. The summed E-state index contributed by atoms with van der Waals surface area (Å²) in [6.45, 7) is 6.37. The molecule has 0 aliphatic heterocycles. The van der Waals surface area contributed by atoms with Gasteiger partial charge in [-0.3, -0.25) is 9.69 Å². The van der Waals surface area contributed by atoms with Crippen molar-refractivity contribution in [3.63, 3.8) is 0 Å². The van der Waals surface area contributed by atoms with Crippen LogP contribution in [0.4, 0.5) is 0 Å². The molecule has 0 heterocycles. The zero-order valence-corrected chi connectivity index (χ0v) is 10.5. The smallest absolute Gasteiger partial charge is 0.321 e. The molecule has 0 aromatic rings. The molecule has 1 fully saturated rings. The van der Waals surface area contributed by atoms with Crippen LogP contribution in [0.15, 0.2) is 0 Å². The third-order valence-electron chi connectivity index (χ3n) is 2.90. The van der Waals surface area contributed by atoms with E-state index in [1.807, 2.05) is 0 Å². The Morgan fingerprint density at radius 2 is 2.12 bits per heavy atom. The summed E-state index contributed by atoms with van der Waals surface area (Å²) in [5.74, 6) is 0.157. The highest BCUT2D eigenvalue weighted by Gasteiger charge is 2.40. The van der Waals surface area contributed by atoms with Gasteiger partial charge in [0.05, 0.1) is 6.61 Å². The standard InChI is InChI=1S/C12H23NO3/c1-9(2)8-13(6-7-16-3)11(12(14)15)10-4-5-10/h9-11H,4-8H2,1-3H3,(H,14,15). The second kappa shape index (κ2) is 6.21. The van der Waals surface area contributed by atoms with Crippen molar-refractivity contribution >= 4 is 5.97 Å². The lowest BCUT2D eigenvalue weighted by molar-refractivity contribution is -0.144. The van der Waals surface area contributed by atoms with Crippen LogP contribution in [0.5, 0.6) is 0 Å². The molecule has 0 saturated heterocycles. The molecular weight excluding hydrogens is 206 g/mol. The Kier molecular flexibility index (Phi) is 5.22. The molecule has 0 radical (unpaired) electrons. The number of rotatable bonds is 8. The van der Waals surface area contributed by atoms with Gasteiger partial charge in [-0.15, -0.1) is 0 Å². The number of carboxylic acids is 1. The normalized spacial score (nSPS) is 18.1. The van der Waals surface area contributed by atoms with Crippen molar-refractivity contribution in [2.24, 2.45) is 11.8 Å². The van der Waals surface area contributed by atoms with E-state index in [1.54, 1.807) is 7.11 Å². The van der Waals surface area contributed by atoms with Gasteiger partial charge in [0.1, 0.15) is 6.04 Å². The summed E-state index contributed by atoms with van der Waals surface area (Å²) in [6.07, 6.45) is 2.11. The van der Waals surface area contributed by atoms with Crippen molar-refractivity contribution in [1.82, 2.24) is 4.90 Å². The average molecular weight is 229 g/mol. The molecule has 1 aliphatic rings. The van der Waals surface area contributed by atoms with Crippen LogP contribution in [0, 0.1) is 11.8 Å². The molecule has 0 bridgehead atoms. The summed E-state index contributed by atoms with van der Waals surface area (Å²) in [5, 5.41) is 9.28. The highest BCUT2D eigenvalue weighted by atomic mass is 16.5. The maximum Gasteiger partial charge on any atom is 0.321 e. The van der Waals surface area contributed by atoms with Crippen molar-refractivity contribution in [3.05, 3.63) is 0 Å². The SMILES string of the molecule is COCCN(CC(C)C)C(C(=O)O)C1CC1. The van der Waals surface area contributed by atoms with E-state index in [4.69, 9.17) is 4.74 Å². The van der Waals surface area contributed by atoms with Gasteiger partial charge in [-0.2, -0.15) is 0 Å². The van der Waals surface area contributed by atoms with E-state index in [1.165, 1.54) is 0 Å². The molecule has 1 unspecified atom stereocenters. The Morgan fingerprint density at radius 1 is 1.50 bits per heavy atom. The molecule has 1 rings (SSSR count). The largest absolute Gasteiger partial charge is 0.480 e. The number of aliphatic carboxylic acids is 1. The molecule has 1 atom stereocenters. The Balaban J connectivity index is 2.59. The van der Waals surface area contributed by atoms with Gasteiger partial charge in [0, 0.05) is 20.2 Å². The van der Waals surface area contributed by atoms with E-state index in [0.717, 1.165) is 19.4 Å². The minimum atomic E-state index is -0.681. The Morgan fingerprint density at radius 3 is 2.50 bits per heavy atom. The zero-order chi connectivity index (χ0) is 12.1. The molecule has 0 aromatic heterocycles. The van der Waals surface area contributed by atoms with Crippen LogP contribution in [0.2, 0.25) is 0 Å². The van der Waals surface area contributed by atoms with Crippen LogP contribution < -0.4 is 0 Å². The fraction of sp³-hybridized carbons (Fsp3) is 0.917. The summed E-state index contributed by atoms with van der Waals surface area (Å²) in [4.78, 5) is 13.3. The Hall–Kier alpha value is -0.610. The first-order valence-corrected chi connectivity index (χ1v) is 6.02. The first kappa shape index (κ1) is 13.5. The minimum absolute atomic E-state index is 0.308. The Bertz CT molecular complexity index is 226. The molecular formula is C12H23NO3. The molecule has 4 heteroatoms. The van der Waals surface area contributed by atoms with Gasteiger partial charge in [0.25, 0.3) is 0 Å². The van der Waals surface area contributed by atoms with Gasteiger partial charge in [-0.05, 0) is 24.7 Å². The number of hydrogen-bond acceptors (Lipinski definition) is 3. The molecule has 1 saturated carbocycles. The van der Waals surface area contributed by atoms with Gasteiger partial charge in [-0.1, -0.05) is 13.8 Å². The van der Waals surface area contributed by atoms with Gasteiger partial charge in [0.15, 0.2) is 0 Å². The van der Waals surface area contributed by atoms with E-state index in [2.05, 4.69) is 18.7 Å². The van der Waals surface area contributed by atoms with Crippen LogP contribution in [-0.4, -0.2) is 48.8 Å². The van der Waals surface area contributed by atoms with E-state index < -0.39 is 5.97 Å². The first-order chi connectivity index (χ1) is 7.56. The number of nitrogens with zero attached hydrogens (tertiary/aromatic N) is 1. The molecule has 0 aromatic carbocycles. The van der Waals surface area contributed by atoms with Crippen molar-refractivity contribution in [1.29, 1.82) is 0 Å². The lowest BCUT2D eigenvalue weighted by atomic mass is 10.1. The van der Waals surface area contributed by atoms with Crippen LogP contribution in [0.3, 0.4) is 0 Å². The molecule has 0 spiro atoms. The van der Waals surface area contributed by atoms with Crippen molar-refractivity contribution in [2.45, 2.75) is 32.7 Å². The van der Waals surface area contributed by atoms with Crippen molar-refractivity contribution < 1.29 is 14.6 Å². The Labute approximate surface area is 97.6 Å². The van der Waals surface area contributed by atoms with Crippen LogP contribution in [0.25, 0.3) is 0 Å². The zero-order valence-electron chi connectivity index (χ0n) is 10.5. The number of hydrogen-bond donors (Lipinski definition) is 1. The maximum absolute atomic E-state index is 11.3. The fourth-order valence-electron chi connectivity index (χ4n) is 2.09. The highest BCUT2D eigenvalue weighted by molar-refractivity contribution is 5.74. The second-order valence-electron chi connectivity index (χ2n) is 5.00. The molecule has 94 valence electrons. The number of carboxylic acid groups (broad SMARTS) is 1. The molecule has 1 N–H and O–H groups in total. The van der Waals surface area contributed by atoms with E-state index in [9.17, 15) is 9.90 Å². The molecule has 16 heavy (non-hydrogen) atoms. The third-order valence-corrected chi connectivity index (χ3v) is 2.90. The maximum atomic E-state index is 11.3. The summed E-state index contributed by atoms with van der Waals surface area (Å²) in [6, 6.07) is -0.308. The van der Waals surface area contributed by atoms with Gasteiger partial charge in [-0.25, -0.2) is 0 Å². The fourth-order valence-corrected chi connectivity index (χ4v) is 2.09. The summed E-state index contributed by atoms with van der Waals surface area (Å²) < 4.78 is 5.05. The first-order valence-electron chi connectivity index (χ1n) is 6.02. The van der Waals surface area contributed by atoms with Crippen LogP contribution >= 0.6 is 0 Å². The lowest BCUT2D eigenvalue weighted by Gasteiger charge is -2.30. The molecule has 0 amide bonds. The summed E-state index contributed by atoms with van der Waals surface area (Å²) in [7, 11) is 1.65. The number of carbonyl (C=O) groups is 1. The average Bonchev–Trinajstić information content (AvgIpc) is 2.97. The third kappa shape index (κ3) is 4.10. The minimum Gasteiger partial charge on any atom is -0.480 e. The van der Waals surface area contributed by atoms with Gasteiger partial charge in [0.2, 0.25) is 0 Å².